The molecular weight excluding hydrogens is 286 g/mol. The Morgan fingerprint density at radius 3 is 2.70 bits per heavy atom. The zero-order valence-corrected chi connectivity index (χ0v) is 14.2. The number of nitrogens with one attached hydrogen (secondary N) is 1. The van der Waals surface area contributed by atoms with E-state index in [0.29, 0.717) is 17.8 Å². The quantitative estimate of drug-likeness (QED) is 0.925. The smallest absolute Gasteiger partial charge is 0.249 e. The minimum absolute atomic E-state index is 0.534. The number of rotatable bonds is 4. The second kappa shape index (κ2) is 6.94. The monoisotopic (exact) mass is 311 g/mol. The highest BCUT2D eigenvalue weighted by Crippen LogP contribution is 2.22. The predicted molar refractivity (Wildman–Crippen MR) is 94.3 cm³/mol. The first kappa shape index (κ1) is 15.7. The normalized spacial score (nSPS) is 18.3. The second-order valence-electron chi connectivity index (χ2n) is 6.73. The average molecular weight is 311 g/mol. The average Bonchev–Trinajstić information content (AvgIpc) is 2.56. The van der Waals surface area contributed by atoms with Crippen LogP contribution >= 0.6 is 0 Å². The van der Waals surface area contributed by atoms with E-state index in [1.54, 1.807) is 6.20 Å². The Labute approximate surface area is 138 Å². The molecule has 1 aliphatic rings. The third kappa shape index (κ3) is 3.97. The molecular formula is C18H25N5. The summed E-state index contributed by atoms with van der Waals surface area (Å²) in [7, 11) is 0. The molecule has 3 rings (SSSR count). The van der Waals surface area contributed by atoms with Gasteiger partial charge in [0.1, 0.15) is 0 Å². The van der Waals surface area contributed by atoms with Gasteiger partial charge in [-0.25, -0.2) is 0 Å². The van der Waals surface area contributed by atoms with Crippen molar-refractivity contribution in [2.24, 2.45) is 5.92 Å². The van der Waals surface area contributed by atoms with E-state index in [1.165, 1.54) is 18.4 Å². The summed E-state index contributed by atoms with van der Waals surface area (Å²) in [4.78, 5) is 6.93. The van der Waals surface area contributed by atoms with Crippen molar-refractivity contribution >= 4 is 17.5 Å². The lowest BCUT2D eigenvalue weighted by Crippen LogP contribution is -2.35. The van der Waals surface area contributed by atoms with Crippen molar-refractivity contribution in [2.45, 2.75) is 39.5 Å². The van der Waals surface area contributed by atoms with Crippen LogP contribution in [0.3, 0.4) is 0 Å². The molecule has 2 aromatic rings. The second-order valence-corrected chi connectivity index (χ2v) is 6.73. The Bertz CT molecular complexity index is 638. The van der Waals surface area contributed by atoms with E-state index in [1.807, 2.05) is 0 Å². The number of hydrogen-bond donors (Lipinski definition) is 1. The molecule has 0 aliphatic carbocycles. The molecule has 5 heteroatoms. The molecule has 2 heterocycles. The molecule has 1 fully saturated rings. The zero-order valence-electron chi connectivity index (χ0n) is 14.2. The molecule has 1 aliphatic heterocycles. The first-order valence-corrected chi connectivity index (χ1v) is 8.43. The van der Waals surface area contributed by atoms with Crippen molar-refractivity contribution in [3.05, 3.63) is 36.0 Å². The lowest BCUT2D eigenvalue weighted by Gasteiger charge is -2.31. The number of nitrogens with zero attached hydrogens (tertiary/aromatic N) is 4. The highest BCUT2D eigenvalue weighted by Gasteiger charge is 2.18. The molecule has 23 heavy (non-hydrogen) atoms. The maximum atomic E-state index is 4.62. The molecule has 0 bridgehead atoms. The molecule has 1 atom stereocenters. The summed E-state index contributed by atoms with van der Waals surface area (Å²) in [5, 5.41) is 11.5. The molecule has 1 saturated heterocycles. The van der Waals surface area contributed by atoms with Crippen molar-refractivity contribution in [3.63, 3.8) is 0 Å². The summed E-state index contributed by atoms with van der Waals surface area (Å²) in [6.07, 6.45) is 4.26. The minimum Gasteiger partial charge on any atom is -0.355 e. The van der Waals surface area contributed by atoms with Crippen LogP contribution in [0.5, 0.6) is 0 Å². The van der Waals surface area contributed by atoms with Crippen LogP contribution in [0, 0.1) is 5.92 Å². The molecule has 5 nitrogen and oxygen atoms in total. The zero-order chi connectivity index (χ0) is 16.2. The Hall–Kier alpha value is -2.17. The minimum atomic E-state index is 0.534. The molecule has 1 N–H and O–H groups in total. The number of aromatic nitrogens is 3. The molecule has 1 aromatic heterocycles. The first-order chi connectivity index (χ1) is 11.1. The van der Waals surface area contributed by atoms with E-state index < -0.39 is 0 Å². The fraction of sp³-hybridized carbons (Fsp3) is 0.500. The van der Waals surface area contributed by atoms with Crippen molar-refractivity contribution in [2.75, 3.05) is 23.3 Å². The number of hydrogen-bond acceptors (Lipinski definition) is 5. The molecule has 0 spiro atoms. The summed E-state index contributed by atoms with van der Waals surface area (Å²) in [6.45, 7) is 8.76. The fourth-order valence-corrected chi connectivity index (χ4v) is 2.98. The fourth-order valence-electron chi connectivity index (χ4n) is 2.98. The van der Waals surface area contributed by atoms with Crippen molar-refractivity contribution in [1.29, 1.82) is 0 Å². The topological polar surface area (TPSA) is 53.9 Å². The predicted octanol–water partition coefficient (Wildman–Crippen LogP) is 3.97. The number of piperidine rings is 1. The molecule has 0 amide bonds. The maximum absolute atomic E-state index is 4.62. The Morgan fingerprint density at radius 1 is 1.22 bits per heavy atom. The van der Waals surface area contributed by atoms with Gasteiger partial charge in [-0.15, -0.1) is 5.10 Å². The largest absolute Gasteiger partial charge is 0.355 e. The van der Waals surface area contributed by atoms with Crippen LogP contribution in [-0.4, -0.2) is 28.3 Å². The van der Waals surface area contributed by atoms with Crippen molar-refractivity contribution in [1.82, 2.24) is 15.2 Å². The summed E-state index contributed by atoms with van der Waals surface area (Å²) >= 11 is 0. The lowest BCUT2D eigenvalue weighted by molar-refractivity contribution is 0.444. The standard InChI is InChI=1S/C18H25N5/c1-13(2)15-6-8-16(9-7-15)20-18-21-17(11-19-22-18)23-10-4-5-14(3)12-23/h6-9,11,13-14H,4-5,10,12H2,1-3H3,(H,20,21,22). The maximum Gasteiger partial charge on any atom is 0.249 e. The van der Waals surface area contributed by atoms with Gasteiger partial charge in [0.15, 0.2) is 5.82 Å². The summed E-state index contributed by atoms with van der Waals surface area (Å²) < 4.78 is 0. The lowest BCUT2D eigenvalue weighted by atomic mass is 10.0. The van der Waals surface area contributed by atoms with Crippen LogP contribution in [0.1, 0.15) is 45.1 Å². The summed E-state index contributed by atoms with van der Waals surface area (Å²) in [5.41, 5.74) is 2.31. The summed E-state index contributed by atoms with van der Waals surface area (Å²) in [5.74, 6) is 2.70. The van der Waals surface area contributed by atoms with Crippen LogP contribution in [0.4, 0.5) is 17.5 Å². The van der Waals surface area contributed by atoms with E-state index in [0.717, 1.165) is 24.6 Å². The van der Waals surface area contributed by atoms with Gasteiger partial charge >= 0.3 is 0 Å². The first-order valence-electron chi connectivity index (χ1n) is 8.43. The van der Waals surface area contributed by atoms with E-state index in [-0.39, 0.29) is 0 Å². The molecule has 122 valence electrons. The van der Waals surface area contributed by atoms with E-state index in [9.17, 15) is 0 Å². The van der Waals surface area contributed by atoms with E-state index in [2.05, 4.69) is 70.4 Å². The summed E-state index contributed by atoms with van der Waals surface area (Å²) in [6, 6.07) is 8.40. The van der Waals surface area contributed by atoms with Gasteiger partial charge in [-0.2, -0.15) is 10.1 Å². The van der Waals surface area contributed by atoms with Crippen LogP contribution in [-0.2, 0) is 0 Å². The molecule has 1 aromatic carbocycles. The van der Waals surface area contributed by atoms with Gasteiger partial charge in [-0.05, 0) is 42.4 Å². The number of anilines is 3. The van der Waals surface area contributed by atoms with Crippen LogP contribution < -0.4 is 10.2 Å². The highest BCUT2D eigenvalue weighted by molar-refractivity contribution is 5.55. The van der Waals surface area contributed by atoms with Gasteiger partial charge in [-0.3, -0.25) is 0 Å². The van der Waals surface area contributed by atoms with Gasteiger partial charge in [0, 0.05) is 18.8 Å². The molecule has 1 unspecified atom stereocenters. The van der Waals surface area contributed by atoms with Gasteiger partial charge in [0.25, 0.3) is 0 Å². The van der Waals surface area contributed by atoms with Crippen LogP contribution in [0.15, 0.2) is 30.5 Å². The van der Waals surface area contributed by atoms with Gasteiger partial charge in [0.2, 0.25) is 5.95 Å². The Balaban J connectivity index is 1.72. The third-order valence-electron chi connectivity index (χ3n) is 4.36. The van der Waals surface area contributed by atoms with E-state index in [4.69, 9.17) is 0 Å². The van der Waals surface area contributed by atoms with E-state index >= 15 is 0 Å². The SMILES string of the molecule is CC1CCCN(c2cnnc(Nc3ccc(C(C)C)cc3)n2)C1. The van der Waals surface area contributed by atoms with Gasteiger partial charge < -0.3 is 10.2 Å². The van der Waals surface area contributed by atoms with Gasteiger partial charge in [-0.1, -0.05) is 32.9 Å². The van der Waals surface area contributed by atoms with Crippen molar-refractivity contribution in [3.8, 4) is 0 Å². The van der Waals surface area contributed by atoms with Crippen LogP contribution in [0.25, 0.3) is 0 Å². The van der Waals surface area contributed by atoms with Gasteiger partial charge in [0.05, 0.1) is 6.20 Å². The van der Waals surface area contributed by atoms with Crippen LogP contribution in [0.2, 0.25) is 0 Å². The van der Waals surface area contributed by atoms with Crippen molar-refractivity contribution < 1.29 is 0 Å². The highest BCUT2D eigenvalue weighted by atomic mass is 15.3. The molecule has 0 saturated carbocycles. The molecule has 0 radical (unpaired) electrons. The Morgan fingerprint density at radius 2 is 2.00 bits per heavy atom. The Kier molecular flexibility index (Phi) is 4.74. The third-order valence-corrected chi connectivity index (χ3v) is 4.36. The number of benzene rings is 1.